The summed E-state index contributed by atoms with van der Waals surface area (Å²) in [7, 11) is 0. The molecule has 1 heterocycles. The molecular weight excluding hydrogens is 214 g/mol. The van der Waals surface area contributed by atoms with Crippen LogP contribution in [0.15, 0.2) is 30.3 Å². The van der Waals surface area contributed by atoms with Crippen LogP contribution in [0.5, 0.6) is 0 Å². The van der Waals surface area contributed by atoms with Crippen molar-refractivity contribution in [2.45, 2.75) is 19.3 Å². The maximum Gasteiger partial charge on any atom is 0.350 e. The fraction of sp³-hybridized carbons (Fsp3) is 0.385. The summed E-state index contributed by atoms with van der Waals surface area (Å²) in [5.41, 5.74) is 6.53. The normalized spacial score (nSPS) is 15.4. The fourth-order valence-corrected chi connectivity index (χ4v) is 1.99. The number of nitrogens with zero attached hydrogens (tertiary/aromatic N) is 1. The van der Waals surface area contributed by atoms with Gasteiger partial charge in [-0.3, -0.25) is 15.1 Å². The first-order valence-electron chi connectivity index (χ1n) is 6.01. The Balaban J connectivity index is 2.03. The van der Waals surface area contributed by atoms with Gasteiger partial charge in [0.05, 0.1) is 18.7 Å². The monoisotopic (exact) mass is 232 g/mol. The molecule has 17 heavy (non-hydrogen) atoms. The van der Waals surface area contributed by atoms with Gasteiger partial charge in [0.1, 0.15) is 0 Å². The van der Waals surface area contributed by atoms with Crippen molar-refractivity contribution in [2.24, 2.45) is 5.73 Å². The van der Waals surface area contributed by atoms with E-state index in [9.17, 15) is 4.79 Å². The molecule has 0 aromatic heterocycles. The van der Waals surface area contributed by atoms with E-state index >= 15 is 0 Å². The average Bonchev–Trinajstić information content (AvgIpc) is 2.40. The van der Waals surface area contributed by atoms with Crippen LogP contribution in [0.3, 0.4) is 0 Å². The van der Waals surface area contributed by atoms with Crippen LogP contribution in [-0.4, -0.2) is 29.5 Å². The summed E-state index contributed by atoms with van der Waals surface area (Å²) in [4.78, 5) is 11.9. The zero-order chi connectivity index (χ0) is 12.1. The quantitative estimate of drug-likeness (QED) is 0.559. The number of benzene rings is 1. The topological polar surface area (TPSA) is 58.1 Å². The summed E-state index contributed by atoms with van der Waals surface area (Å²) in [6.07, 6.45) is 3.53. The Morgan fingerprint density at radius 3 is 2.41 bits per heavy atom. The van der Waals surface area contributed by atoms with E-state index in [4.69, 9.17) is 5.73 Å². The first-order valence-corrected chi connectivity index (χ1v) is 6.01. The molecule has 4 nitrogen and oxygen atoms in total. The van der Waals surface area contributed by atoms with Gasteiger partial charge in [0.15, 0.2) is 0 Å². The van der Waals surface area contributed by atoms with Gasteiger partial charge in [0.25, 0.3) is 0 Å². The first kappa shape index (κ1) is 11.6. The van der Waals surface area contributed by atoms with E-state index in [1.54, 1.807) is 12.1 Å². The third-order valence-corrected chi connectivity index (χ3v) is 2.97. The van der Waals surface area contributed by atoms with Gasteiger partial charge in [-0.15, -0.1) is 0 Å². The second kappa shape index (κ2) is 5.48. The van der Waals surface area contributed by atoms with Gasteiger partial charge >= 0.3 is 11.9 Å². The van der Waals surface area contributed by atoms with Crippen LogP contribution < -0.4 is 11.1 Å². The van der Waals surface area contributed by atoms with Crippen LogP contribution >= 0.6 is 0 Å². The lowest BCUT2D eigenvalue weighted by molar-refractivity contribution is -0.539. The number of nitrogens with two attached hydrogens (primary N) is 1. The lowest BCUT2D eigenvalue weighted by Gasteiger charge is -2.15. The number of amides is 1. The van der Waals surface area contributed by atoms with Gasteiger partial charge in [-0.05, 0) is 31.4 Å². The molecule has 1 amide bonds. The largest absolute Gasteiger partial charge is 0.350 e. The highest BCUT2D eigenvalue weighted by atomic mass is 16.1. The minimum Gasteiger partial charge on any atom is -0.290 e. The highest BCUT2D eigenvalue weighted by Crippen LogP contribution is 2.03. The minimum absolute atomic E-state index is 0.145. The van der Waals surface area contributed by atoms with E-state index in [2.05, 4.69) is 5.32 Å². The van der Waals surface area contributed by atoms with E-state index in [1.807, 2.05) is 22.8 Å². The maximum atomic E-state index is 11.9. The van der Waals surface area contributed by atoms with Crippen LogP contribution in [0.2, 0.25) is 0 Å². The number of hydrogen-bond donors (Lipinski definition) is 2. The Kier molecular flexibility index (Phi) is 3.75. The molecule has 0 radical (unpaired) electrons. The highest BCUT2D eigenvalue weighted by Gasteiger charge is 2.16. The second-order valence-electron chi connectivity index (χ2n) is 4.25. The molecule has 1 aromatic carbocycles. The number of nitrogens with one attached hydrogen (secondary N) is 1. The molecule has 2 rings (SSSR count). The first-order chi connectivity index (χ1) is 8.27. The number of rotatable bonds is 1. The number of hydrogen-bond acceptors (Lipinski definition) is 1. The van der Waals surface area contributed by atoms with Crippen molar-refractivity contribution in [3.8, 4) is 0 Å². The Morgan fingerprint density at radius 2 is 1.76 bits per heavy atom. The highest BCUT2D eigenvalue weighted by molar-refractivity contribution is 6.03. The van der Waals surface area contributed by atoms with Crippen molar-refractivity contribution in [2.75, 3.05) is 13.1 Å². The Hall–Kier alpha value is -1.84. The van der Waals surface area contributed by atoms with E-state index < -0.39 is 0 Å². The van der Waals surface area contributed by atoms with Crippen molar-refractivity contribution < 1.29 is 9.37 Å². The molecule has 0 saturated carbocycles. The Bertz CT molecular complexity index is 418. The van der Waals surface area contributed by atoms with Crippen molar-refractivity contribution >= 4 is 11.9 Å². The van der Waals surface area contributed by atoms with Gasteiger partial charge in [0.2, 0.25) is 0 Å². The zero-order valence-electron chi connectivity index (χ0n) is 9.86. The molecule has 0 spiro atoms. The van der Waals surface area contributed by atoms with Crippen molar-refractivity contribution in [3.05, 3.63) is 35.9 Å². The predicted octanol–water partition coefficient (Wildman–Crippen LogP) is 0.927. The fourth-order valence-electron chi connectivity index (χ4n) is 1.99. The molecule has 0 aliphatic carbocycles. The SMILES string of the molecule is NC(NC(=O)c1ccccc1)=[N+]1CCCCC1. The molecule has 90 valence electrons. The van der Waals surface area contributed by atoms with Gasteiger partial charge in [0, 0.05) is 0 Å². The third kappa shape index (κ3) is 3.06. The Labute approximate surface area is 101 Å². The smallest absolute Gasteiger partial charge is 0.290 e. The Morgan fingerprint density at radius 1 is 1.12 bits per heavy atom. The number of carbonyl (C=O) groups excluding carboxylic acids is 1. The van der Waals surface area contributed by atoms with E-state index in [1.165, 1.54) is 6.42 Å². The molecule has 0 bridgehead atoms. The van der Waals surface area contributed by atoms with Crippen molar-refractivity contribution in [3.63, 3.8) is 0 Å². The zero-order valence-corrected chi connectivity index (χ0v) is 9.86. The van der Waals surface area contributed by atoms with Gasteiger partial charge in [-0.2, -0.15) is 0 Å². The van der Waals surface area contributed by atoms with Crippen molar-refractivity contribution in [1.82, 2.24) is 5.32 Å². The minimum atomic E-state index is -0.145. The van der Waals surface area contributed by atoms with Gasteiger partial charge in [-0.1, -0.05) is 18.2 Å². The molecule has 4 heteroatoms. The van der Waals surface area contributed by atoms with E-state index in [0.29, 0.717) is 11.5 Å². The molecule has 1 aliphatic rings. The number of carbonyl (C=O) groups is 1. The summed E-state index contributed by atoms with van der Waals surface area (Å²) in [5.74, 6) is 0.326. The van der Waals surface area contributed by atoms with Gasteiger partial charge < -0.3 is 0 Å². The molecule has 1 fully saturated rings. The molecule has 3 N–H and O–H groups in total. The molecule has 1 aliphatic heterocycles. The van der Waals surface area contributed by atoms with Crippen LogP contribution in [0, 0.1) is 0 Å². The summed E-state index contributed by atoms with van der Waals surface area (Å²) in [6, 6.07) is 9.12. The van der Waals surface area contributed by atoms with Gasteiger partial charge in [-0.25, -0.2) is 5.32 Å². The van der Waals surface area contributed by atoms with E-state index in [-0.39, 0.29) is 5.91 Å². The molecule has 0 atom stereocenters. The summed E-state index contributed by atoms with van der Waals surface area (Å²) < 4.78 is 2.03. The van der Waals surface area contributed by atoms with Crippen LogP contribution in [-0.2, 0) is 0 Å². The molecule has 1 saturated heterocycles. The predicted molar refractivity (Wildman–Crippen MR) is 66.9 cm³/mol. The summed E-state index contributed by atoms with van der Waals surface area (Å²) >= 11 is 0. The lowest BCUT2D eigenvalue weighted by Crippen LogP contribution is -2.45. The third-order valence-electron chi connectivity index (χ3n) is 2.97. The number of piperidine rings is 1. The number of guanidine groups is 1. The molecular formula is C13H18N3O+. The van der Waals surface area contributed by atoms with E-state index in [0.717, 1.165) is 25.9 Å². The summed E-state index contributed by atoms with van der Waals surface area (Å²) in [5, 5.41) is 2.75. The lowest BCUT2D eigenvalue weighted by atomic mass is 10.2. The second-order valence-corrected chi connectivity index (χ2v) is 4.25. The average molecular weight is 232 g/mol. The maximum absolute atomic E-state index is 11.9. The molecule has 1 aromatic rings. The van der Waals surface area contributed by atoms with Crippen LogP contribution in [0.1, 0.15) is 29.6 Å². The van der Waals surface area contributed by atoms with Crippen LogP contribution in [0.4, 0.5) is 0 Å². The van der Waals surface area contributed by atoms with Crippen LogP contribution in [0.25, 0.3) is 0 Å². The molecule has 0 unspecified atom stereocenters. The van der Waals surface area contributed by atoms with Crippen molar-refractivity contribution in [1.29, 1.82) is 0 Å². The summed E-state index contributed by atoms with van der Waals surface area (Å²) in [6.45, 7) is 1.86. The standard InChI is InChI=1S/C13H17N3O/c14-13(16-9-5-2-6-10-16)15-12(17)11-7-3-1-4-8-11/h1,3-4,7-8H,2,5-6,9-10H2,(H2,14,15,17)/p+1.